The number of carbonyl (C=O) groups is 2. The lowest BCUT2D eigenvalue weighted by Crippen LogP contribution is -2.36. The molecule has 2 N–H and O–H groups in total. The predicted molar refractivity (Wildman–Crippen MR) is 83.7 cm³/mol. The van der Waals surface area contributed by atoms with Gasteiger partial charge in [0.2, 0.25) is 11.9 Å². The Bertz CT molecular complexity index is 712. The zero-order valence-electron chi connectivity index (χ0n) is 13.4. The highest BCUT2D eigenvalue weighted by Crippen LogP contribution is 2.42. The summed E-state index contributed by atoms with van der Waals surface area (Å²) in [5, 5.41) is 11.6. The minimum atomic E-state index is -1.20. The average molecular weight is 334 g/mol. The van der Waals surface area contributed by atoms with Crippen LogP contribution in [0.4, 0.5) is 0 Å². The van der Waals surface area contributed by atoms with Crippen LogP contribution in [0.5, 0.6) is 5.75 Å². The number of Topliss-reactive ketones (excluding diaryl/α,β-unsaturated/α-hetero) is 1. The van der Waals surface area contributed by atoms with E-state index in [1.54, 1.807) is 24.3 Å². The zero-order chi connectivity index (χ0) is 17.9. The molecule has 1 aromatic carbocycles. The third kappa shape index (κ3) is 3.37. The van der Waals surface area contributed by atoms with Crippen LogP contribution in [0.25, 0.3) is 0 Å². The zero-order valence-corrected chi connectivity index (χ0v) is 13.4. The number of methoxy groups -OCH3 is 1. The number of nitro groups is 1. The van der Waals surface area contributed by atoms with Crippen LogP contribution in [0.2, 0.25) is 0 Å². The Balaban J connectivity index is 2.56. The van der Waals surface area contributed by atoms with Crippen molar-refractivity contribution in [2.75, 3.05) is 7.11 Å². The Kier molecular flexibility index (Phi) is 5.18. The van der Waals surface area contributed by atoms with E-state index in [9.17, 15) is 19.7 Å². The number of rotatable bonds is 6. The minimum Gasteiger partial charge on any atom is -0.465 e. The van der Waals surface area contributed by atoms with Gasteiger partial charge in [-0.25, -0.2) is 4.79 Å². The summed E-state index contributed by atoms with van der Waals surface area (Å²) in [6.07, 6.45) is 0.00857. The Hall–Kier alpha value is -2.90. The molecule has 2 atom stereocenters. The maximum absolute atomic E-state index is 12.1. The summed E-state index contributed by atoms with van der Waals surface area (Å²) in [5.74, 6) is -1.78. The van der Waals surface area contributed by atoms with Gasteiger partial charge < -0.3 is 20.0 Å². The SMILES string of the molecule is COC(=O)C1=C(N)Oc2ccccc2C1C(CCC(C)=O)[N+](=O)[O-]. The van der Waals surface area contributed by atoms with Gasteiger partial charge in [0.15, 0.2) is 0 Å². The van der Waals surface area contributed by atoms with Crippen LogP contribution in [-0.4, -0.2) is 29.8 Å². The van der Waals surface area contributed by atoms with Crippen LogP contribution in [0, 0.1) is 10.1 Å². The van der Waals surface area contributed by atoms with Crippen LogP contribution < -0.4 is 10.5 Å². The van der Waals surface area contributed by atoms with Crippen molar-refractivity contribution < 1.29 is 24.0 Å². The number of benzene rings is 1. The predicted octanol–water partition coefficient (Wildman–Crippen LogP) is 1.52. The summed E-state index contributed by atoms with van der Waals surface area (Å²) in [4.78, 5) is 34.5. The standard InChI is InChI=1S/C16H18N2O6/c1-9(19)7-8-11(18(21)22)13-10-5-3-4-6-12(10)24-15(17)14(13)16(20)23-2/h3-6,11,13H,7-8,17H2,1-2H3. The first-order valence-electron chi connectivity index (χ1n) is 7.34. The number of fused-ring (bicyclic) bond motifs is 1. The third-order valence-electron chi connectivity index (χ3n) is 3.90. The Labute approximate surface area is 138 Å². The van der Waals surface area contributed by atoms with E-state index in [2.05, 4.69) is 0 Å². The van der Waals surface area contributed by atoms with Gasteiger partial charge in [-0.05, 0) is 13.0 Å². The normalized spacial score (nSPS) is 17.5. The van der Waals surface area contributed by atoms with Crippen molar-refractivity contribution in [2.45, 2.75) is 31.7 Å². The first-order chi connectivity index (χ1) is 11.4. The van der Waals surface area contributed by atoms with E-state index in [1.807, 2.05) is 0 Å². The number of ether oxygens (including phenoxy) is 2. The van der Waals surface area contributed by atoms with Gasteiger partial charge in [-0.2, -0.15) is 0 Å². The summed E-state index contributed by atoms with van der Waals surface area (Å²) in [5.41, 5.74) is 6.20. The Morgan fingerprint density at radius 1 is 1.42 bits per heavy atom. The molecule has 0 radical (unpaired) electrons. The first-order valence-corrected chi connectivity index (χ1v) is 7.34. The summed E-state index contributed by atoms with van der Waals surface area (Å²) in [6, 6.07) is 5.44. The molecule has 0 aromatic heterocycles. The monoisotopic (exact) mass is 334 g/mol. The molecule has 1 heterocycles. The second-order valence-corrected chi connectivity index (χ2v) is 5.48. The number of nitrogens with two attached hydrogens (primary N) is 1. The number of esters is 1. The van der Waals surface area contributed by atoms with E-state index < -0.39 is 22.9 Å². The molecule has 8 heteroatoms. The molecular weight excluding hydrogens is 316 g/mol. The van der Waals surface area contributed by atoms with Gasteiger partial charge in [0.05, 0.1) is 13.0 Å². The van der Waals surface area contributed by atoms with Crippen LogP contribution in [0.3, 0.4) is 0 Å². The van der Waals surface area contributed by atoms with Gasteiger partial charge in [-0.1, -0.05) is 18.2 Å². The summed E-state index contributed by atoms with van der Waals surface area (Å²) >= 11 is 0. The summed E-state index contributed by atoms with van der Waals surface area (Å²) < 4.78 is 10.1. The molecule has 1 aliphatic rings. The first kappa shape index (κ1) is 17.5. The van der Waals surface area contributed by atoms with E-state index >= 15 is 0 Å². The minimum absolute atomic E-state index is 0.0187. The van der Waals surface area contributed by atoms with E-state index in [-0.39, 0.29) is 30.1 Å². The van der Waals surface area contributed by atoms with Crippen LogP contribution in [0.1, 0.15) is 31.2 Å². The van der Waals surface area contributed by atoms with Gasteiger partial charge in [0.1, 0.15) is 17.1 Å². The molecule has 0 saturated heterocycles. The second-order valence-electron chi connectivity index (χ2n) is 5.48. The fourth-order valence-corrected chi connectivity index (χ4v) is 2.79. The Morgan fingerprint density at radius 2 is 2.08 bits per heavy atom. The molecule has 0 spiro atoms. The number of ketones is 1. The van der Waals surface area contributed by atoms with Crippen LogP contribution in [0.15, 0.2) is 35.7 Å². The van der Waals surface area contributed by atoms with Gasteiger partial charge >= 0.3 is 5.97 Å². The maximum atomic E-state index is 12.1. The Morgan fingerprint density at radius 3 is 2.67 bits per heavy atom. The largest absolute Gasteiger partial charge is 0.465 e. The van der Waals surface area contributed by atoms with Crippen LogP contribution >= 0.6 is 0 Å². The highest BCUT2D eigenvalue weighted by atomic mass is 16.6. The van der Waals surface area contributed by atoms with Crippen molar-refractivity contribution in [1.82, 2.24) is 0 Å². The molecule has 0 fully saturated rings. The van der Waals surface area contributed by atoms with Gasteiger partial charge in [-0.3, -0.25) is 10.1 Å². The van der Waals surface area contributed by atoms with Crippen molar-refractivity contribution in [3.8, 4) is 5.75 Å². The summed E-state index contributed by atoms with van der Waals surface area (Å²) in [7, 11) is 1.16. The third-order valence-corrected chi connectivity index (χ3v) is 3.90. The molecule has 0 saturated carbocycles. The smallest absolute Gasteiger partial charge is 0.340 e. The van der Waals surface area contributed by atoms with Crippen molar-refractivity contribution in [3.63, 3.8) is 0 Å². The van der Waals surface area contributed by atoms with Crippen molar-refractivity contribution in [1.29, 1.82) is 0 Å². The van der Waals surface area contributed by atoms with E-state index in [4.69, 9.17) is 15.2 Å². The fraction of sp³-hybridized carbons (Fsp3) is 0.375. The maximum Gasteiger partial charge on any atom is 0.340 e. The molecular formula is C16H18N2O6. The fourth-order valence-electron chi connectivity index (χ4n) is 2.79. The topological polar surface area (TPSA) is 122 Å². The molecule has 1 aromatic rings. The van der Waals surface area contributed by atoms with E-state index in [0.717, 1.165) is 7.11 Å². The van der Waals surface area contributed by atoms with Crippen molar-refractivity contribution >= 4 is 11.8 Å². The molecule has 24 heavy (non-hydrogen) atoms. The molecule has 8 nitrogen and oxygen atoms in total. The van der Waals surface area contributed by atoms with Gasteiger partial charge in [-0.15, -0.1) is 0 Å². The van der Waals surface area contributed by atoms with Gasteiger partial charge in [0, 0.05) is 23.3 Å². The molecule has 2 rings (SSSR count). The van der Waals surface area contributed by atoms with Crippen molar-refractivity contribution in [2.24, 2.45) is 5.73 Å². The summed E-state index contributed by atoms with van der Waals surface area (Å²) in [6.45, 7) is 1.36. The number of carbonyl (C=O) groups excluding carboxylic acids is 2. The molecule has 0 aliphatic carbocycles. The van der Waals surface area contributed by atoms with E-state index in [0.29, 0.717) is 11.3 Å². The quantitative estimate of drug-likeness (QED) is 0.475. The number of para-hydroxylation sites is 1. The molecule has 0 amide bonds. The lowest BCUT2D eigenvalue weighted by Gasteiger charge is -2.29. The number of hydrogen-bond acceptors (Lipinski definition) is 7. The lowest BCUT2D eigenvalue weighted by atomic mass is 9.81. The number of nitrogens with zero attached hydrogens (tertiary/aromatic N) is 1. The van der Waals surface area contributed by atoms with Gasteiger partial charge in [0.25, 0.3) is 0 Å². The highest BCUT2D eigenvalue weighted by molar-refractivity contribution is 5.91. The lowest BCUT2D eigenvalue weighted by molar-refractivity contribution is -0.526. The molecule has 1 aliphatic heterocycles. The van der Waals surface area contributed by atoms with Crippen molar-refractivity contribution in [3.05, 3.63) is 51.4 Å². The highest BCUT2D eigenvalue weighted by Gasteiger charge is 2.44. The molecule has 2 unspecified atom stereocenters. The average Bonchev–Trinajstić information content (AvgIpc) is 2.53. The number of hydrogen-bond donors (Lipinski definition) is 1. The molecule has 128 valence electrons. The molecule has 0 bridgehead atoms. The second kappa shape index (κ2) is 7.12. The van der Waals surface area contributed by atoms with Crippen LogP contribution in [-0.2, 0) is 14.3 Å². The van der Waals surface area contributed by atoms with E-state index in [1.165, 1.54) is 6.92 Å².